The predicted molar refractivity (Wildman–Crippen MR) is 77.5 cm³/mol. The lowest BCUT2D eigenvalue weighted by molar-refractivity contribution is 0.0620. The van der Waals surface area contributed by atoms with Crippen LogP contribution in [0.1, 0.15) is 12.8 Å². The van der Waals surface area contributed by atoms with Crippen LogP contribution in [0.4, 0.5) is 0 Å². The molecular formula is C13H18BrNO3S. The fraction of sp³-hybridized carbons (Fsp3) is 0.538. The zero-order chi connectivity index (χ0) is 13.9. The minimum Gasteiger partial charge on any atom is -0.381 e. The molecule has 1 aliphatic heterocycles. The molecule has 0 saturated carbocycles. The van der Waals surface area contributed by atoms with Crippen molar-refractivity contribution in [1.82, 2.24) is 4.31 Å². The molecule has 1 aliphatic rings. The van der Waals surface area contributed by atoms with Gasteiger partial charge in [-0.15, -0.1) is 0 Å². The number of benzene rings is 1. The van der Waals surface area contributed by atoms with E-state index in [9.17, 15) is 8.42 Å². The molecule has 4 nitrogen and oxygen atoms in total. The summed E-state index contributed by atoms with van der Waals surface area (Å²) in [4.78, 5) is 0.338. The minimum absolute atomic E-state index is 0.338. The molecule has 0 aromatic heterocycles. The summed E-state index contributed by atoms with van der Waals surface area (Å²) in [7, 11) is -1.74. The van der Waals surface area contributed by atoms with Gasteiger partial charge >= 0.3 is 0 Å². The molecule has 1 fully saturated rings. The first kappa shape index (κ1) is 15.0. The van der Waals surface area contributed by atoms with E-state index in [1.54, 1.807) is 31.3 Å². The summed E-state index contributed by atoms with van der Waals surface area (Å²) in [5, 5.41) is 0. The topological polar surface area (TPSA) is 46.6 Å². The lowest BCUT2D eigenvalue weighted by atomic mass is 10.0. The van der Waals surface area contributed by atoms with Crippen molar-refractivity contribution in [3.63, 3.8) is 0 Å². The van der Waals surface area contributed by atoms with Crippen LogP contribution in [0.5, 0.6) is 0 Å². The van der Waals surface area contributed by atoms with Gasteiger partial charge in [-0.3, -0.25) is 0 Å². The molecule has 1 aromatic carbocycles. The van der Waals surface area contributed by atoms with Crippen LogP contribution >= 0.6 is 15.9 Å². The van der Waals surface area contributed by atoms with Crippen LogP contribution in [0.25, 0.3) is 0 Å². The van der Waals surface area contributed by atoms with Gasteiger partial charge < -0.3 is 4.74 Å². The molecule has 0 unspecified atom stereocenters. The Morgan fingerprint density at radius 3 is 2.42 bits per heavy atom. The van der Waals surface area contributed by atoms with Crippen LogP contribution in [0.2, 0.25) is 0 Å². The molecule has 0 spiro atoms. The maximum absolute atomic E-state index is 12.4. The summed E-state index contributed by atoms with van der Waals surface area (Å²) in [6.07, 6.45) is 1.86. The van der Waals surface area contributed by atoms with Crippen LogP contribution in [0.3, 0.4) is 0 Å². The van der Waals surface area contributed by atoms with E-state index in [2.05, 4.69) is 15.9 Å². The number of ether oxygens (including phenoxy) is 1. The fourth-order valence-corrected chi connectivity index (χ4v) is 3.69. The summed E-state index contributed by atoms with van der Waals surface area (Å²) >= 11 is 3.31. The van der Waals surface area contributed by atoms with E-state index in [1.807, 2.05) is 0 Å². The van der Waals surface area contributed by atoms with Crippen molar-refractivity contribution in [3.05, 3.63) is 28.7 Å². The van der Waals surface area contributed by atoms with Crippen molar-refractivity contribution >= 4 is 26.0 Å². The molecule has 106 valence electrons. The Kier molecular flexibility index (Phi) is 5.00. The number of hydrogen-bond donors (Lipinski definition) is 0. The average Bonchev–Trinajstić information content (AvgIpc) is 2.40. The third-order valence-corrected chi connectivity index (χ3v) is 5.74. The van der Waals surface area contributed by atoms with Crippen molar-refractivity contribution in [3.8, 4) is 0 Å². The van der Waals surface area contributed by atoms with Crippen LogP contribution < -0.4 is 0 Å². The Balaban J connectivity index is 2.07. The number of hydrogen-bond acceptors (Lipinski definition) is 3. The second kappa shape index (κ2) is 6.35. The molecule has 0 amide bonds. The van der Waals surface area contributed by atoms with Gasteiger partial charge in [0.25, 0.3) is 0 Å². The number of nitrogens with zero attached hydrogens (tertiary/aromatic N) is 1. The van der Waals surface area contributed by atoms with Gasteiger partial charge in [-0.25, -0.2) is 12.7 Å². The molecule has 0 bridgehead atoms. The third-order valence-electron chi connectivity index (χ3n) is 3.38. The van der Waals surface area contributed by atoms with E-state index >= 15 is 0 Å². The minimum atomic E-state index is -3.38. The Hall–Kier alpha value is -0.430. The number of sulfonamides is 1. The second-order valence-electron chi connectivity index (χ2n) is 4.80. The van der Waals surface area contributed by atoms with Crippen LogP contribution in [0, 0.1) is 5.92 Å². The van der Waals surface area contributed by atoms with Gasteiger partial charge in [0.1, 0.15) is 0 Å². The van der Waals surface area contributed by atoms with Gasteiger partial charge in [0.2, 0.25) is 10.0 Å². The normalized spacial score (nSPS) is 17.8. The van der Waals surface area contributed by atoms with Crippen molar-refractivity contribution in [2.75, 3.05) is 26.8 Å². The van der Waals surface area contributed by atoms with Gasteiger partial charge in [0.05, 0.1) is 4.90 Å². The molecule has 0 N–H and O–H groups in total. The van der Waals surface area contributed by atoms with Crippen LogP contribution in [0.15, 0.2) is 33.6 Å². The molecule has 2 rings (SSSR count). The van der Waals surface area contributed by atoms with Gasteiger partial charge in [-0.2, -0.15) is 0 Å². The predicted octanol–water partition coefficient (Wildman–Crippen LogP) is 2.50. The summed E-state index contributed by atoms with van der Waals surface area (Å²) in [5.41, 5.74) is 0. The first-order valence-corrected chi connectivity index (χ1v) is 8.53. The molecule has 1 aromatic rings. The number of rotatable bonds is 4. The van der Waals surface area contributed by atoms with Crippen molar-refractivity contribution < 1.29 is 13.2 Å². The standard InChI is InChI=1S/C13H18BrNO3S/c1-15(10-11-6-8-18-9-7-11)19(16,17)13-4-2-12(14)3-5-13/h2-5,11H,6-10H2,1H3. The van der Waals surface area contributed by atoms with Crippen molar-refractivity contribution in [1.29, 1.82) is 0 Å². The van der Waals surface area contributed by atoms with E-state index in [0.717, 1.165) is 30.5 Å². The molecule has 1 heterocycles. The van der Waals surface area contributed by atoms with E-state index in [0.29, 0.717) is 17.4 Å². The Labute approximate surface area is 122 Å². The highest BCUT2D eigenvalue weighted by Gasteiger charge is 2.24. The molecule has 0 atom stereocenters. The molecule has 6 heteroatoms. The summed E-state index contributed by atoms with van der Waals surface area (Å²) in [5.74, 6) is 0.393. The lowest BCUT2D eigenvalue weighted by Crippen LogP contribution is -2.34. The number of halogens is 1. The highest BCUT2D eigenvalue weighted by molar-refractivity contribution is 9.10. The highest BCUT2D eigenvalue weighted by atomic mass is 79.9. The second-order valence-corrected chi connectivity index (χ2v) is 7.76. The third kappa shape index (κ3) is 3.78. The molecule has 19 heavy (non-hydrogen) atoms. The largest absolute Gasteiger partial charge is 0.381 e. The Morgan fingerprint density at radius 2 is 1.84 bits per heavy atom. The summed E-state index contributed by atoms with van der Waals surface area (Å²) in [6, 6.07) is 6.74. The zero-order valence-electron chi connectivity index (χ0n) is 10.9. The average molecular weight is 348 g/mol. The highest BCUT2D eigenvalue weighted by Crippen LogP contribution is 2.21. The zero-order valence-corrected chi connectivity index (χ0v) is 13.3. The Bertz CT molecular complexity index is 509. The van der Waals surface area contributed by atoms with Gasteiger partial charge in [-0.1, -0.05) is 15.9 Å². The van der Waals surface area contributed by atoms with Crippen molar-refractivity contribution in [2.24, 2.45) is 5.92 Å². The van der Waals surface area contributed by atoms with Crippen molar-refractivity contribution in [2.45, 2.75) is 17.7 Å². The molecule has 0 radical (unpaired) electrons. The van der Waals surface area contributed by atoms with E-state index in [-0.39, 0.29) is 0 Å². The first-order chi connectivity index (χ1) is 9.00. The monoisotopic (exact) mass is 347 g/mol. The summed E-state index contributed by atoms with van der Waals surface area (Å²) < 4.78 is 32.4. The van der Waals surface area contributed by atoms with E-state index in [1.165, 1.54) is 4.31 Å². The lowest BCUT2D eigenvalue weighted by Gasteiger charge is -2.26. The molecule has 0 aliphatic carbocycles. The van der Waals surface area contributed by atoms with Crippen LogP contribution in [-0.2, 0) is 14.8 Å². The quantitative estimate of drug-likeness (QED) is 0.840. The van der Waals surface area contributed by atoms with Gasteiger partial charge in [0, 0.05) is 31.3 Å². The van der Waals surface area contributed by atoms with Crippen LogP contribution in [-0.4, -0.2) is 39.5 Å². The fourth-order valence-electron chi connectivity index (χ4n) is 2.18. The van der Waals surface area contributed by atoms with E-state index < -0.39 is 10.0 Å². The summed E-state index contributed by atoms with van der Waals surface area (Å²) in [6.45, 7) is 2.02. The van der Waals surface area contributed by atoms with Gasteiger partial charge in [-0.05, 0) is 43.0 Å². The Morgan fingerprint density at radius 1 is 1.26 bits per heavy atom. The van der Waals surface area contributed by atoms with E-state index in [4.69, 9.17) is 4.74 Å². The van der Waals surface area contributed by atoms with Gasteiger partial charge in [0.15, 0.2) is 0 Å². The maximum atomic E-state index is 12.4. The molecular weight excluding hydrogens is 330 g/mol. The first-order valence-electron chi connectivity index (χ1n) is 6.30. The maximum Gasteiger partial charge on any atom is 0.242 e. The SMILES string of the molecule is CN(CC1CCOCC1)S(=O)(=O)c1ccc(Br)cc1. The smallest absolute Gasteiger partial charge is 0.242 e. The molecule has 1 saturated heterocycles.